The Hall–Kier alpha value is -3.33. The zero-order chi connectivity index (χ0) is 23.3. The highest BCUT2D eigenvalue weighted by Gasteiger charge is 2.19. The third-order valence-electron chi connectivity index (χ3n) is 5.15. The van der Waals surface area contributed by atoms with E-state index in [0.29, 0.717) is 24.4 Å². The number of imidazole rings is 1. The third-order valence-corrected chi connectivity index (χ3v) is 6.35. The monoisotopic (exact) mass is 456 g/mol. The van der Waals surface area contributed by atoms with Crippen LogP contribution in [0.15, 0.2) is 60.9 Å². The largest absolute Gasteiger partial charge is 0.481 e. The van der Waals surface area contributed by atoms with Gasteiger partial charge < -0.3 is 14.6 Å². The summed E-state index contributed by atoms with van der Waals surface area (Å²) in [6.45, 7) is 4.20. The molecule has 0 spiro atoms. The van der Waals surface area contributed by atoms with Crippen molar-refractivity contribution in [3.05, 3.63) is 72.3 Å². The lowest BCUT2D eigenvalue weighted by Gasteiger charge is -2.19. The average Bonchev–Trinajstić information content (AvgIpc) is 3.21. The van der Waals surface area contributed by atoms with Crippen LogP contribution < -0.4 is 14.4 Å². The molecule has 3 rings (SSSR count). The minimum atomic E-state index is -3.34. The van der Waals surface area contributed by atoms with Crippen LogP contribution in [0.5, 0.6) is 5.75 Å². The van der Waals surface area contributed by atoms with Gasteiger partial charge in [-0.3, -0.25) is 9.10 Å². The maximum absolute atomic E-state index is 12.6. The molecule has 0 bridgehead atoms. The number of amides is 1. The molecule has 0 fully saturated rings. The van der Waals surface area contributed by atoms with Crippen molar-refractivity contribution in [2.24, 2.45) is 0 Å². The summed E-state index contributed by atoms with van der Waals surface area (Å²) < 4.78 is 32.3. The summed E-state index contributed by atoms with van der Waals surface area (Å²) in [6, 6.07) is 14.5. The maximum atomic E-state index is 12.6. The van der Waals surface area contributed by atoms with Crippen molar-refractivity contribution in [3.63, 3.8) is 0 Å². The number of hydrogen-bond acceptors (Lipinski definition) is 5. The number of anilines is 1. The minimum absolute atomic E-state index is 0.209. The van der Waals surface area contributed by atoms with Gasteiger partial charge >= 0.3 is 0 Å². The molecule has 32 heavy (non-hydrogen) atoms. The summed E-state index contributed by atoms with van der Waals surface area (Å²) >= 11 is 0. The summed E-state index contributed by atoms with van der Waals surface area (Å²) in [5.41, 5.74) is 2.50. The second-order valence-corrected chi connectivity index (χ2v) is 9.48. The van der Waals surface area contributed by atoms with Crippen LogP contribution in [0.4, 0.5) is 5.69 Å². The first-order chi connectivity index (χ1) is 15.2. The van der Waals surface area contributed by atoms with Crippen molar-refractivity contribution in [2.75, 3.05) is 17.6 Å². The van der Waals surface area contributed by atoms with Gasteiger partial charge in [0.15, 0.2) is 6.10 Å². The van der Waals surface area contributed by atoms with Crippen LogP contribution in [0.25, 0.3) is 5.69 Å². The second kappa shape index (κ2) is 9.86. The van der Waals surface area contributed by atoms with E-state index in [9.17, 15) is 13.2 Å². The van der Waals surface area contributed by atoms with Gasteiger partial charge in [-0.25, -0.2) is 13.4 Å². The van der Waals surface area contributed by atoms with Crippen LogP contribution in [0.3, 0.4) is 0 Å². The summed E-state index contributed by atoms with van der Waals surface area (Å²) in [5, 5.41) is 2.91. The molecule has 2 aromatic carbocycles. The van der Waals surface area contributed by atoms with Crippen LogP contribution in [-0.2, 0) is 21.4 Å². The molecule has 0 saturated heterocycles. The van der Waals surface area contributed by atoms with Gasteiger partial charge in [0.05, 0.1) is 11.9 Å². The number of nitrogens with zero attached hydrogens (tertiary/aromatic N) is 3. The molecule has 9 heteroatoms. The van der Waals surface area contributed by atoms with Crippen LogP contribution >= 0.6 is 0 Å². The SMILES string of the molecule is CC[C@H](Oc1ccc(N(C)S(C)(=O)=O)cc1)C(=O)NCc1ccc(-n2ccnc2C)cc1. The van der Waals surface area contributed by atoms with Gasteiger partial charge in [-0.1, -0.05) is 19.1 Å². The fraction of sp³-hybridized carbons (Fsp3) is 0.304. The molecule has 3 aromatic rings. The first-order valence-electron chi connectivity index (χ1n) is 10.3. The number of benzene rings is 2. The first kappa shape index (κ1) is 23.3. The van der Waals surface area contributed by atoms with Crippen molar-refractivity contribution >= 4 is 21.6 Å². The molecule has 0 aliphatic rings. The van der Waals surface area contributed by atoms with E-state index in [1.165, 1.54) is 11.4 Å². The maximum Gasteiger partial charge on any atom is 0.261 e. The Morgan fingerprint density at radius 2 is 1.81 bits per heavy atom. The van der Waals surface area contributed by atoms with Crippen LogP contribution in [0.2, 0.25) is 0 Å². The number of carbonyl (C=O) groups is 1. The summed E-state index contributed by atoms with van der Waals surface area (Å²) in [5.74, 6) is 1.20. The zero-order valence-corrected chi connectivity index (χ0v) is 19.5. The smallest absolute Gasteiger partial charge is 0.261 e. The molecule has 1 N–H and O–H groups in total. The lowest BCUT2D eigenvalue weighted by molar-refractivity contribution is -0.128. The first-order valence-corrected chi connectivity index (χ1v) is 12.1. The molecule has 0 saturated carbocycles. The third kappa shape index (κ3) is 5.67. The molecule has 1 aromatic heterocycles. The Morgan fingerprint density at radius 1 is 1.16 bits per heavy atom. The Balaban J connectivity index is 1.57. The molecule has 0 radical (unpaired) electrons. The lowest BCUT2D eigenvalue weighted by Crippen LogP contribution is -2.37. The zero-order valence-electron chi connectivity index (χ0n) is 18.6. The molecular formula is C23H28N4O4S. The Morgan fingerprint density at radius 3 is 2.34 bits per heavy atom. The van der Waals surface area contributed by atoms with E-state index in [0.717, 1.165) is 23.3 Å². The van der Waals surface area contributed by atoms with Crippen molar-refractivity contribution < 1.29 is 17.9 Å². The summed E-state index contributed by atoms with van der Waals surface area (Å²) in [6.07, 6.45) is 4.64. The van der Waals surface area contributed by atoms with E-state index in [4.69, 9.17) is 4.74 Å². The molecule has 0 aliphatic carbocycles. The topological polar surface area (TPSA) is 93.5 Å². The van der Waals surface area contributed by atoms with Gasteiger partial charge in [0.2, 0.25) is 10.0 Å². The number of carbonyl (C=O) groups excluding carboxylic acids is 1. The number of aromatic nitrogens is 2. The highest BCUT2D eigenvalue weighted by Crippen LogP contribution is 2.21. The van der Waals surface area contributed by atoms with Gasteiger partial charge in [0.25, 0.3) is 5.91 Å². The normalized spacial score (nSPS) is 12.2. The fourth-order valence-electron chi connectivity index (χ4n) is 3.14. The molecule has 8 nitrogen and oxygen atoms in total. The van der Waals surface area contributed by atoms with E-state index in [1.54, 1.807) is 30.5 Å². The second-order valence-electron chi connectivity index (χ2n) is 7.47. The van der Waals surface area contributed by atoms with Gasteiger partial charge in [-0.05, 0) is 55.3 Å². The highest BCUT2D eigenvalue weighted by molar-refractivity contribution is 7.92. The van der Waals surface area contributed by atoms with E-state index in [-0.39, 0.29) is 5.91 Å². The van der Waals surface area contributed by atoms with Crippen LogP contribution in [0.1, 0.15) is 24.7 Å². The predicted octanol–water partition coefficient (Wildman–Crippen LogP) is 3.05. The quantitative estimate of drug-likeness (QED) is 0.534. The van der Waals surface area contributed by atoms with E-state index >= 15 is 0 Å². The van der Waals surface area contributed by atoms with Crippen LogP contribution in [0, 0.1) is 6.92 Å². The number of ether oxygens (including phenoxy) is 1. The van der Waals surface area contributed by atoms with E-state index < -0.39 is 16.1 Å². The van der Waals surface area contributed by atoms with E-state index in [1.807, 2.05) is 48.9 Å². The number of hydrogen-bond donors (Lipinski definition) is 1. The van der Waals surface area contributed by atoms with Gasteiger partial charge in [0.1, 0.15) is 11.6 Å². The molecule has 170 valence electrons. The van der Waals surface area contributed by atoms with Crippen molar-refractivity contribution in [1.82, 2.24) is 14.9 Å². The van der Waals surface area contributed by atoms with Crippen molar-refractivity contribution in [3.8, 4) is 11.4 Å². The summed E-state index contributed by atoms with van der Waals surface area (Å²) in [4.78, 5) is 16.8. The number of rotatable bonds is 9. The minimum Gasteiger partial charge on any atom is -0.481 e. The molecule has 0 aliphatic heterocycles. The Kier molecular flexibility index (Phi) is 7.19. The Bertz CT molecular complexity index is 1160. The fourth-order valence-corrected chi connectivity index (χ4v) is 3.65. The molecule has 1 heterocycles. The summed E-state index contributed by atoms with van der Waals surface area (Å²) in [7, 11) is -1.85. The predicted molar refractivity (Wildman–Crippen MR) is 125 cm³/mol. The lowest BCUT2D eigenvalue weighted by atomic mass is 10.2. The molecule has 1 atom stereocenters. The van der Waals surface area contributed by atoms with Crippen molar-refractivity contribution in [1.29, 1.82) is 0 Å². The van der Waals surface area contributed by atoms with E-state index in [2.05, 4.69) is 10.3 Å². The molecule has 0 unspecified atom stereocenters. The van der Waals surface area contributed by atoms with Gasteiger partial charge in [-0.15, -0.1) is 0 Å². The van der Waals surface area contributed by atoms with Gasteiger partial charge in [0, 0.05) is 31.7 Å². The average molecular weight is 457 g/mol. The molecule has 1 amide bonds. The standard InChI is InChI=1S/C23H28N4O4S/c1-5-22(31-21-12-10-19(11-13-21)26(3)32(4,29)30)23(28)25-16-18-6-8-20(9-7-18)27-15-14-24-17(27)2/h6-15,22H,5,16H2,1-4H3,(H,25,28)/t22-/m0/s1. The Labute approximate surface area is 188 Å². The number of sulfonamides is 1. The highest BCUT2D eigenvalue weighted by atomic mass is 32.2. The van der Waals surface area contributed by atoms with Crippen molar-refractivity contribution in [2.45, 2.75) is 32.9 Å². The molecular weight excluding hydrogens is 428 g/mol. The van der Waals surface area contributed by atoms with Crippen LogP contribution in [-0.4, -0.2) is 43.3 Å². The number of nitrogens with one attached hydrogen (secondary N) is 1. The number of aryl methyl sites for hydroxylation is 1. The van der Waals surface area contributed by atoms with Gasteiger partial charge in [-0.2, -0.15) is 0 Å².